The molecule has 0 aromatic heterocycles. The molecule has 0 spiro atoms. The number of nitrogens with two attached hydrogens (primary N) is 1. The number of likely N-dealkylation sites (N-methyl/N-ethyl adjacent to an activating group) is 1. The number of carbonyl (C=O) groups excluding carboxylic acids is 1. The molecule has 0 radical (unpaired) electrons. The van der Waals surface area contributed by atoms with Gasteiger partial charge in [0.1, 0.15) is 12.4 Å². The maximum Gasteiger partial charge on any atom is 0.268 e. The average molecular weight is 311 g/mol. The summed E-state index contributed by atoms with van der Waals surface area (Å²) >= 11 is 1.85. The molecule has 0 saturated heterocycles. The van der Waals surface area contributed by atoms with Gasteiger partial charge in [-0.25, -0.2) is 5.84 Å². The summed E-state index contributed by atoms with van der Waals surface area (Å²) in [5.41, 5.74) is 2.59. The molecule has 6 heteroatoms. The predicted octanol–water partition coefficient (Wildman–Crippen LogP) is 1.74. The quantitative estimate of drug-likeness (QED) is 0.413. The van der Waals surface area contributed by atoms with E-state index in [2.05, 4.69) is 30.6 Å². The molecule has 118 valence electrons. The fourth-order valence-electron chi connectivity index (χ4n) is 2.09. The zero-order valence-corrected chi connectivity index (χ0v) is 13.8. The Morgan fingerprint density at radius 2 is 2.19 bits per heavy atom. The number of hydrogen-bond acceptors (Lipinski definition) is 5. The minimum atomic E-state index is -0.340. The highest BCUT2D eigenvalue weighted by atomic mass is 32.2. The van der Waals surface area contributed by atoms with Crippen LogP contribution < -0.4 is 16.0 Å². The Hall–Kier alpha value is -1.24. The van der Waals surface area contributed by atoms with Gasteiger partial charge in [-0.15, -0.1) is 0 Å². The third-order valence-electron chi connectivity index (χ3n) is 3.42. The lowest BCUT2D eigenvalue weighted by Crippen LogP contribution is -2.36. The second-order valence-corrected chi connectivity index (χ2v) is 5.73. The smallest absolute Gasteiger partial charge is 0.268 e. The molecule has 0 aliphatic carbocycles. The third kappa shape index (κ3) is 5.57. The molecular weight excluding hydrogens is 286 g/mol. The maximum absolute atomic E-state index is 11.6. The number of nitrogen functional groups attached to an aromatic ring is 1. The molecule has 5 nitrogen and oxygen atoms in total. The first kappa shape index (κ1) is 17.8. The third-order valence-corrected chi connectivity index (χ3v) is 4.14. The number of thioether (sulfide) groups is 1. The molecule has 0 aliphatic heterocycles. The van der Waals surface area contributed by atoms with Gasteiger partial charge in [-0.3, -0.25) is 15.1 Å². The van der Waals surface area contributed by atoms with Crippen LogP contribution in [0.5, 0.6) is 5.75 Å². The zero-order valence-electron chi connectivity index (χ0n) is 13.0. The Morgan fingerprint density at radius 1 is 1.48 bits per heavy atom. The van der Waals surface area contributed by atoms with E-state index < -0.39 is 0 Å². The zero-order chi connectivity index (χ0) is 15.7. The number of ether oxygens (including phenoxy) is 1. The number of hydrogen-bond donors (Lipinski definition) is 2. The SMILES string of the molecule is CCC(CSC)N(C)CCOc1ccccc1C(=O)NN. The van der Waals surface area contributed by atoms with Crippen LogP contribution in [-0.4, -0.2) is 49.1 Å². The molecule has 21 heavy (non-hydrogen) atoms. The normalized spacial score (nSPS) is 12.2. The molecule has 0 saturated carbocycles. The van der Waals surface area contributed by atoms with Crippen LogP contribution in [0.1, 0.15) is 23.7 Å². The van der Waals surface area contributed by atoms with Crippen LogP contribution in [0.2, 0.25) is 0 Å². The topological polar surface area (TPSA) is 67.6 Å². The van der Waals surface area contributed by atoms with Crippen molar-refractivity contribution in [3.63, 3.8) is 0 Å². The second-order valence-electron chi connectivity index (χ2n) is 4.82. The van der Waals surface area contributed by atoms with Gasteiger partial charge in [-0.2, -0.15) is 11.8 Å². The van der Waals surface area contributed by atoms with Crippen molar-refractivity contribution in [3.8, 4) is 5.75 Å². The van der Waals surface area contributed by atoms with E-state index in [0.717, 1.165) is 18.7 Å². The van der Waals surface area contributed by atoms with Crippen LogP contribution in [-0.2, 0) is 0 Å². The van der Waals surface area contributed by atoms with Crippen LogP contribution in [0.25, 0.3) is 0 Å². The second kappa shape index (κ2) is 9.65. The number of nitrogens with one attached hydrogen (secondary N) is 1. The lowest BCUT2D eigenvalue weighted by molar-refractivity contribution is 0.0948. The van der Waals surface area contributed by atoms with E-state index in [4.69, 9.17) is 10.6 Å². The summed E-state index contributed by atoms with van der Waals surface area (Å²) in [7, 11) is 2.10. The van der Waals surface area contributed by atoms with Gasteiger partial charge in [-0.05, 0) is 31.9 Å². The molecule has 3 N–H and O–H groups in total. The number of amides is 1. The first-order valence-electron chi connectivity index (χ1n) is 7.06. The molecule has 1 unspecified atom stereocenters. The van der Waals surface area contributed by atoms with E-state index in [1.54, 1.807) is 18.2 Å². The van der Waals surface area contributed by atoms with Crippen molar-refractivity contribution in [2.45, 2.75) is 19.4 Å². The minimum Gasteiger partial charge on any atom is -0.491 e. The first-order valence-corrected chi connectivity index (χ1v) is 8.45. The van der Waals surface area contributed by atoms with Crippen molar-refractivity contribution in [3.05, 3.63) is 29.8 Å². The minimum absolute atomic E-state index is 0.340. The van der Waals surface area contributed by atoms with Gasteiger partial charge in [-0.1, -0.05) is 19.1 Å². The fraction of sp³-hybridized carbons (Fsp3) is 0.533. The molecule has 0 bridgehead atoms. The van der Waals surface area contributed by atoms with Crippen molar-refractivity contribution >= 4 is 17.7 Å². The Balaban J connectivity index is 2.54. The van der Waals surface area contributed by atoms with Gasteiger partial charge in [0.2, 0.25) is 0 Å². The Labute approximate surface area is 131 Å². The Kier molecular flexibility index (Phi) is 8.19. The molecule has 0 fully saturated rings. The number of nitrogens with zero attached hydrogens (tertiary/aromatic N) is 1. The highest BCUT2D eigenvalue weighted by Gasteiger charge is 2.13. The lowest BCUT2D eigenvalue weighted by Gasteiger charge is -2.26. The highest BCUT2D eigenvalue weighted by Crippen LogP contribution is 2.17. The summed E-state index contributed by atoms with van der Waals surface area (Å²) in [4.78, 5) is 13.9. The Bertz CT molecular complexity index is 443. The molecule has 1 rings (SSSR count). The molecule has 1 amide bonds. The lowest BCUT2D eigenvalue weighted by atomic mass is 10.2. The number of rotatable bonds is 9. The standard InChI is InChI=1S/C15H25N3O2S/c1-4-12(11-21-3)18(2)9-10-20-14-8-6-5-7-13(14)15(19)17-16/h5-8,12H,4,9-11,16H2,1-3H3,(H,17,19). The molecule has 1 atom stereocenters. The van der Waals surface area contributed by atoms with E-state index in [0.29, 0.717) is 24.0 Å². The predicted molar refractivity (Wildman–Crippen MR) is 88.7 cm³/mol. The van der Waals surface area contributed by atoms with Gasteiger partial charge in [0.05, 0.1) is 5.56 Å². The van der Waals surface area contributed by atoms with E-state index in [9.17, 15) is 4.79 Å². The first-order chi connectivity index (χ1) is 10.1. The van der Waals surface area contributed by atoms with Crippen molar-refractivity contribution in [2.75, 3.05) is 32.2 Å². The summed E-state index contributed by atoms with van der Waals surface area (Å²) in [6.45, 7) is 3.55. The van der Waals surface area contributed by atoms with Crippen LogP contribution >= 0.6 is 11.8 Å². The van der Waals surface area contributed by atoms with Crippen LogP contribution in [0.3, 0.4) is 0 Å². The van der Waals surface area contributed by atoms with Gasteiger partial charge in [0, 0.05) is 18.3 Å². The van der Waals surface area contributed by atoms with Crippen LogP contribution in [0.4, 0.5) is 0 Å². The molecule has 0 heterocycles. The summed E-state index contributed by atoms with van der Waals surface area (Å²) in [5.74, 6) is 6.51. The average Bonchev–Trinajstić information content (AvgIpc) is 2.52. The summed E-state index contributed by atoms with van der Waals surface area (Å²) in [6.07, 6.45) is 3.23. The van der Waals surface area contributed by atoms with Gasteiger partial charge >= 0.3 is 0 Å². The fourth-order valence-corrected chi connectivity index (χ4v) is 2.96. The summed E-state index contributed by atoms with van der Waals surface area (Å²) in [5, 5.41) is 0. The highest BCUT2D eigenvalue weighted by molar-refractivity contribution is 7.98. The van der Waals surface area contributed by atoms with E-state index in [-0.39, 0.29) is 5.91 Å². The van der Waals surface area contributed by atoms with Crippen molar-refractivity contribution < 1.29 is 9.53 Å². The summed E-state index contributed by atoms with van der Waals surface area (Å²) in [6, 6.07) is 7.66. The number of benzene rings is 1. The van der Waals surface area contributed by atoms with Crippen molar-refractivity contribution in [2.24, 2.45) is 5.84 Å². The van der Waals surface area contributed by atoms with Crippen LogP contribution in [0, 0.1) is 0 Å². The van der Waals surface area contributed by atoms with Gasteiger partial charge < -0.3 is 4.74 Å². The van der Waals surface area contributed by atoms with Crippen molar-refractivity contribution in [1.82, 2.24) is 10.3 Å². The van der Waals surface area contributed by atoms with E-state index in [1.165, 1.54) is 0 Å². The molecule has 0 aliphatic rings. The molecule has 1 aromatic carbocycles. The number of carbonyl (C=O) groups is 1. The summed E-state index contributed by atoms with van der Waals surface area (Å²) < 4.78 is 5.74. The van der Waals surface area contributed by atoms with E-state index >= 15 is 0 Å². The monoisotopic (exact) mass is 311 g/mol. The number of para-hydroxylation sites is 1. The van der Waals surface area contributed by atoms with Gasteiger partial charge in [0.25, 0.3) is 5.91 Å². The molecule has 1 aromatic rings. The van der Waals surface area contributed by atoms with E-state index in [1.807, 2.05) is 17.8 Å². The van der Waals surface area contributed by atoms with Crippen molar-refractivity contribution in [1.29, 1.82) is 0 Å². The largest absolute Gasteiger partial charge is 0.491 e. The number of hydrazine groups is 1. The maximum atomic E-state index is 11.6. The van der Waals surface area contributed by atoms with Gasteiger partial charge in [0.15, 0.2) is 0 Å². The van der Waals surface area contributed by atoms with Crippen LogP contribution in [0.15, 0.2) is 24.3 Å². The molecular formula is C15H25N3O2S. The Morgan fingerprint density at radius 3 is 2.81 bits per heavy atom.